The largest absolute Gasteiger partial charge is 0.492 e. The second-order valence-electron chi connectivity index (χ2n) is 4.07. The highest BCUT2D eigenvalue weighted by molar-refractivity contribution is 6.32. The molecule has 3 heteroatoms. The average Bonchev–Trinajstić information content (AvgIpc) is 2.21. The lowest BCUT2D eigenvalue weighted by Crippen LogP contribution is -2.20. The lowest BCUT2D eigenvalue weighted by atomic mass is 9.86. The van der Waals surface area contributed by atoms with Crippen LogP contribution < -0.4 is 4.74 Å². The molecule has 0 aromatic heterocycles. The smallest absolute Gasteiger partial charge is 0.141 e. The highest BCUT2D eigenvalue weighted by Crippen LogP contribution is 2.37. The summed E-state index contributed by atoms with van der Waals surface area (Å²) in [7, 11) is 0. The highest BCUT2D eigenvalue weighted by Gasteiger charge is 2.24. The van der Waals surface area contributed by atoms with Gasteiger partial charge < -0.3 is 4.74 Å². The van der Waals surface area contributed by atoms with Crippen LogP contribution in [0.15, 0.2) is 18.2 Å². The second kappa shape index (κ2) is 5.09. The number of rotatable bonds is 4. The lowest BCUT2D eigenvalue weighted by molar-refractivity contribution is 0.330. The van der Waals surface area contributed by atoms with E-state index in [1.807, 2.05) is 25.1 Å². The van der Waals surface area contributed by atoms with Crippen LogP contribution in [0.4, 0.5) is 0 Å². The molecule has 0 atom stereocenters. The Kier molecular flexibility index (Phi) is 4.30. The van der Waals surface area contributed by atoms with Crippen molar-refractivity contribution >= 4 is 23.2 Å². The number of benzene rings is 1. The predicted octanol–water partition coefficient (Wildman–Crippen LogP) is 4.26. The maximum absolute atomic E-state index is 6.10. The van der Waals surface area contributed by atoms with E-state index in [2.05, 4.69) is 13.8 Å². The molecule has 1 nitrogen and oxygen atoms in total. The van der Waals surface area contributed by atoms with Crippen molar-refractivity contribution in [2.45, 2.75) is 26.2 Å². The van der Waals surface area contributed by atoms with Crippen molar-refractivity contribution in [2.24, 2.45) is 0 Å². The van der Waals surface area contributed by atoms with E-state index >= 15 is 0 Å². The Morgan fingerprint density at radius 3 is 2.53 bits per heavy atom. The molecule has 0 saturated heterocycles. The average molecular weight is 247 g/mol. The van der Waals surface area contributed by atoms with Crippen molar-refractivity contribution < 1.29 is 4.74 Å². The zero-order chi connectivity index (χ0) is 11.5. The fraction of sp³-hybridized carbons (Fsp3) is 0.500. The molecule has 1 aromatic carbocycles. The first-order valence-corrected chi connectivity index (χ1v) is 5.92. The molecule has 0 spiro atoms. The summed E-state index contributed by atoms with van der Waals surface area (Å²) in [6.45, 7) is 6.71. The minimum absolute atomic E-state index is 0.128. The van der Waals surface area contributed by atoms with Gasteiger partial charge in [0, 0.05) is 16.9 Å². The van der Waals surface area contributed by atoms with Crippen LogP contribution in [-0.4, -0.2) is 12.5 Å². The van der Waals surface area contributed by atoms with Gasteiger partial charge in [0.05, 0.1) is 11.6 Å². The van der Waals surface area contributed by atoms with Gasteiger partial charge in [-0.2, -0.15) is 0 Å². The number of ether oxygens (including phenoxy) is 1. The summed E-state index contributed by atoms with van der Waals surface area (Å²) >= 11 is 12.1. The molecule has 1 aromatic rings. The van der Waals surface area contributed by atoms with E-state index in [-0.39, 0.29) is 5.41 Å². The van der Waals surface area contributed by atoms with Crippen molar-refractivity contribution in [3.63, 3.8) is 0 Å². The van der Waals surface area contributed by atoms with Crippen molar-refractivity contribution in [3.05, 3.63) is 28.8 Å². The van der Waals surface area contributed by atoms with Crippen molar-refractivity contribution in [2.75, 3.05) is 12.5 Å². The molecule has 0 fully saturated rings. The molecule has 0 bridgehead atoms. The Hall–Kier alpha value is -0.400. The van der Waals surface area contributed by atoms with Gasteiger partial charge in [0.1, 0.15) is 5.75 Å². The summed E-state index contributed by atoms with van der Waals surface area (Å²) < 4.78 is 5.57. The quantitative estimate of drug-likeness (QED) is 0.722. The van der Waals surface area contributed by atoms with Crippen LogP contribution in [0.5, 0.6) is 5.75 Å². The van der Waals surface area contributed by atoms with Crippen LogP contribution in [0.1, 0.15) is 26.3 Å². The molecule has 0 amide bonds. The summed E-state index contributed by atoms with van der Waals surface area (Å²) in [4.78, 5) is 0. The predicted molar refractivity (Wildman–Crippen MR) is 66.4 cm³/mol. The first kappa shape index (κ1) is 12.7. The maximum atomic E-state index is 6.10. The minimum atomic E-state index is -0.128. The number of hydrogen-bond acceptors (Lipinski definition) is 1. The Balaban J connectivity index is 3.22. The van der Waals surface area contributed by atoms with Gasteiger partial charge in [-0.25, -0.2) is 0 Å². The molecule has 0 N–H and O–H groups in total. The third-order valence-corrected chi connectivity index (χ3v) is 3.28. The van der Waals surface area contributed by atoms with Crippen LogP contribution >= 0.6 is 23.2 Å². The van der Waals surface area contributed by atoms with Crippen LogP contribution in [0.25, 0.3) is 0 Å². The van der Waals surface area contributed by atoms with Gasteiger partial charge in [-0.3, -0.25) is 0 Å². The molecule has 0 radical (unpaired) electrons. The summed E-state index contributed by atoms with van der Waals surface area (Å²) in [5.74, 6) is 1.29. The summed E-state index contributed by atoms with van der Waals surface area (Å²) in [6, 6.07) is 5.77. The molecule has 84 valence electrons. The normalized spacial score (nSPS) is 11.5. The van der Waals surface area contributed by atoms with E-state index in [1.165, 1.54) is 0 Å². The highest BCUT2D eigenvalue weighted by atomic mass is 35.5. The third kappa shape index (κ3) is 2.79. The Labute approximate surface area is 101 Å². The molecular weight excluding hydrogens is 231 g/mol. The Morgan fingerprint density at radius 1 is 1.33 bits per heavy atom. The van der Waals surface area contributed by atoms with Gasteiger partial charge in [-0.05, 0) is 13.0 Å². The van der Waals surface area contributed by atoms with Crippen LogP contribution in [-0.2, 0) is 5.41 Å². The summed E-state index contributed by atoms with van der Waals surface area (Å²) in [6.07, 6.45) is 0. The molecule has 15 heavy (non-hydrogen) atoms. The standard InChI is InChI=1S/C12H16Cl2O/c1-4-15-11-9(12(2,3)8-13)6-5-7-10(11)14/h5-7H,4,8H2,1-3H3. The zero-order valence-electron chi connectivity index (χ0n) is 9.31. The first-order chi connectivity index (χ1) is 7.03. The van der Waals surface area contributed by atoms with Crippen molar-refractivity contribution in [1.82, 2.24) is 0 Å². The number of halogens is 2. The van der Waals surface area contributed by atoms with Gasteiger partial charge in [-0.1, -0.05) is 37.6 Å². The fourth-order valence-corrected chi connectivity index (χ4v) is 1.78. The van der Waals surface area contributed by atoms with E-state index in [1.54, 1.807) is 0 Å². The number of hydrogen-bond donors (Lipinski definition) is 0. The summed E-state index contributed by atoms with van der Waals surface area (Å²) in [5, 5.41) is 0.646. The Morgan fingerprint density at radius 2 is 2.00 bits per heavy atom. The summed E-state index contributed by atoms with van der Waals surface area (Å²) in [5.41, 5.74) is 0.934. The van der Waals surface area contributed by atoms with E-state index < -0.39 is 0 Å². The van der Waals surface area contributed by atoms with Gasteiger partial charge >= 0.3 is 0 Å². The van der Waals surface area contributed by atoms with Crippen LogP contribution in [0.3, 0.4) is 0 Å². The zero-order valence-corrected chi connectivity index (χ0v) is 10.8. The molecule has 0 unspecified atom stereocenters. The third-order valence-electron chi connectivity index (χ3n) is 2.32. The number of alkyl halides is 1. The molecule has 0 heterocycles. The maximum Gasteiger partial charge on any atom is 0.141 e. The van der Waals surface area contributed by atoms with E-state index in [0.29, 0.717) is 17.5 Å². The van der Waals surface area contributed by atoms with Crippen molar-refractivity contribution in [1.29, 1.82) is 0 Å². The van der Waals surface area contributed by atoms with Gasteiger partial charge in [0.2, 0.25) is 0 Å². The SMILES string of the molecule is CCOc1c(Cl)cccc1C(C)(C)CCl. The fourth-order valence-electron chi connectivity index (χ4n) is 1.40. The van der Waals surface area contributed by atoms with Gasteiger partial charge in [-0.15, -0.1) is 11.6 Å². The minimum Gasteiger partial charge on any atom is -0.492 e. The first-order valence-electron chi connectivity index (χ1n) is 5.00. The van der Waals surface area contributed by atoms with E-state index in [9.17, 15) is 0 Å². The molecule has 1 rings (SSSR count). The molecule has 0 aliphatic rings. The second-order valence-corrected chi connectivity index (χ2v) is 4.74. The monoisotopic (exact) mass is 246 g/mol. The Bertz CT molecular complexity index is 334. The topological polar surface area (TPSA) is 9.23 Å². The van der Waals surface area contributed by atoms with Crippen LogP contribution in [0.2, 0.25) is 5.02 Å². The molecule has 0 aliphatic heterocycles. The number of para-hydroxylation sites is 1. The van der Waals surface area contributed by atoms with Crippen molar-refractivity contribution in [3.8, 4) is 5.75 Å². The van der Waals surface area contributed by atoms with E-state index in [0.717, 1.165) is 11.3 Å². The van der Waals surface area contributed by atoms with Gasteiger partial charge in [0.15, 0.2) is 0 Å². The lowest BCUT2D eigenvalue weighted by Gasteiger charge is -2.25. The molecular formula is C12H16Cl2O. The van der Waals surface area contributed by atoms with Gasteiger partial charge in [0.25, 0.3) is 0 Å². The van der Waals surface area contributed by atoms with E-state index in [4.69, 9.17) is 27.9 Å². The molecule has 0 aliphatic carbocycles. The van der Waals surface area contributed by atoms with Crippen LogP contribution in [0, 0.1) is 0 Å². The molecule has 0 saturated carbocycles.